The van der Waals surface area contributed by atoms with E-state index in [0.717, 1.165) is 11.1 Å². The highest BCUT2D eigenvalue weighted by molar-refractivity contribution is 7.97. The molecule has 0 aliphatic rings. The van der Waals surface area contributed by atoms with Gasteiger partial charge in [0.25, 0.3) is 0 Å². The molecule has 126 valence electrons. The summed E-state index contributed by atoms with van der Waals surface area (Å²) in [6.45, 7) is 0. The van der Waals surface area contributed by atoms with Crippen molar-refractivity contribution in [1.29, 1.82) is 0 Å². The second-order valence-corrected chi connectivity index (χ2v) is 8.03. The smallest absolute Gasteiger partial charge is 0.166 e. The molecular weight excluding hydrogens is 336 g/mol. The molecule has 4 aromatic rings. The van der Waals surface area contributed by atoms with Crippen molar-refractivity contribution in [2.24, 2.45) is 0 Å². The molecule has 1 N–H and O–H groups in total. The summed E-state index contributed by atoms with van der Waals surface area (Å²) in [5.74, 6) is 0.292. The third kappa shape index (κ3) is 3.51. The van der Waals surface area contributed by atoms with Crippen LogP contribution in [-0.4, -0.2) is 5.11 Å². The van der Waals surface area contributed by atoms with Gasteiger partial charge in [0.15, 0.2) is 14.7 Å². The predicted molar refractivity (Wildman–Crippen MR) is 109 cm³/mol. The average Bonchev–Trinajstić information content (AvgIpc) is 2.71. The summed E-state index contributed by atoms with van der Waals surface area (Å²) in [6.07, 6.45) is 0. The maximum Gasteiger partial charge on any atom is 0.166 e. The molecule has 0 aliphatic heterocycles. The molecule has 0 fully saturated rings. The van der Waals surface area contributed by atoms with Crippen LogP contribution in [0.15, 0.2) is 124 Å². The molecule has 0 radical (unpaired) electrons. The number of phenolic OH excluding ortho intramolecular Hbond substituents is 1. The minimum atomic E-state index is -0.123. The van der Waals surface area contributed by atoms with Crippen molar-refractivity contribution in [2.45, 2.75) is 14.7 Å². The van der Waals surface area contributed by atoms with Crippen LogP contribution >= 0.6 is 0 Å². The van der Waals surface area contributed by atoms with E-state index in [9.17, 15) is 5.11 Å². The first-order chi connectivity index (χ1) is 12.8. The van der Waals surface area contributed by atoms with Gasteiger partial charge < -0.3 is 5.11 Å². The molecule has 2 heteroatoms. The summed E-state index contributed by atoms with van der Waals surface area (Å²) in [7, 11) is -0.123. The van der Waals surface area contributed by atoms with Crippen LogP contribution in [0, 0.1) is 0 Å². The first-order valence-electron chi connectivity index (χ1n) is 8.55. The molecule has 1 nitrogen and oxygen atoms in total. The molecule has 0 atom stereocenters. The number of aromatic hydroxyl groups is 1. The summed E-state index contributed by atoms with van der Waals surface area (Å²) >= 11 is 0. The lowest BCUT2D eigenvalue weighted by Gasteiger charge is -2.09. The van der Waals surface area contributed by atoms with Gasteiger partial charge in [0.1, 0.15) is 5.75 Å². The maximum atomic E-state index is 9.47. The lowest BCUT2D eigenvalue weighted by Crippen LogP contribution is -2.04. The zero-order valence-corrected chi connectivity index (χ0v) is 15.1. The predicted octanol–water partition coefficient (Wildman–Crippen LogP) is 6.15. The van der Waals surface area contributed by atoms with E-state index in [2.05, 4.69) is 84.9 Å². The van der Waals surface area contributed by atoms with Crippen LogP contribution in [0.4, 0.5) is 0 Å². The Labute approximate surface area is 156 Å². The highest BCUT2D eigenvalue weighted by Gasteiger charge is 2.28. The molecule has 0 heterocycles. The Balaban J connectivity index is 1.73. The van der Waals surface area contributed by atoms with Crippen molar-refractivity contribution in [2.75, 3.05) is 0 Å². The third-order valence-electron chi connectivity index (χ3n) is 4.25. The molecule has 4 rings (SSSR count). The van der Waals surface area contributed by atoms with Crippen molar-refractivity contribution in [3.05, 3.63) is 109 Å². The van der Waals surface area contributed by atoms with Crippen molar-refractivity contribution >= 4 is 10.9 Å². The second kappa shape index (κ2) is 7.51. The zero-order valence-electron chi connectivity index (χ0n) is 14.2. The van der Waals surface area contributed by atoms with E-state index in [1.807, 2.05) is 12.1 Å². The van der Waals surface area contributed by atoms with Gasteiger partial charge in [0.05, 0.1) is 10.9 Å². The fourth-order valence-corrected chi connectivity index (χ4v) is 5.04. The Morgan fingerprint density at radius 1 is 0.423 bits per heavy atom. The van der Waals surface area contributed by atoms with Gasteiger partial charge in [-0.2, -0.15) is 0 Å². The second-order valence-electron chi connectivity index (χ2n) is 6.00. The lowest BCUT2D eigenvalue weighted by atomic mass is 10.1. The molecule has 0 amide bonds. The molecule has 0 aromatic heterocycles. The Kier molecular flexibility index (Phi) is 4.76. The van der Waals surface area contributed by atoms with E-state index < -0.39 is 0 Å². The SMILES string of the molecule is Oc1ccc(-c2ccc([S+](c3ccccc3)c3ccccc3)cc2)cc1. The highest BCUT2D eigenvalue weighted by atomic mass is 32.2. The van der Waals surface area contributed by atoms with Crippen molar-refractivity contribution in [3.63, 3.8) is 0 Å². The van der Waals surface area contributed by atoms with Crippen LogP contribution in [0.2, 0.25) is 0 Å². The summed E-state index contributed by atoms with van der Waals surface area (Å²) in [5, 5.41) is 9.47. The Morgan fingerprint density at radius 3 is 1.27 bits per heavy atom. The fraction of sp³-hybridized carbons (Fsp3) is 0. The van der Waals surface area contributed by atoms with Crippen LogP contribution in [0.1, 0.15) is 0 Å². The van der Waals surface area contributed by atoms with Crippen molar-refractivity contribution < 1.29 is 5.11 Å². The van der Waals surface area contributed by atoms with Crippen LogP contribution in [0.5, 0.6) is 5.75 Å². The average molecular weight is 355 g/mol. The molecular formula is C24H19OS+. The molecule has 26 heavy (non-hydrogen) atoms. The first-order valence-corrected chi connectivity index (χ1v) is 9.77. The molecule has 4 aromatic carbocycles. The van der Waals surface area contributed by atoms with E-state index in [0.29, 0.717) is 5.75 Å². The summed E-state index contributed by atoms with van der Waals surface area (Å²) in [6, 6.07) is 37.4. The molecule has 0 bridgehead atoms. The lowest BCUT2D eigenvalue weighted by molar-refractivity contribution is 0.475. The van der Waals surface area contributed by atoms with Gasteiger partial charge in [-0.05, 0) is 71.8 Å². The minimum absolute atomic E-state index is 0.123. The molecule has 0 saturated carbocycles. The van der Waals surface area contributed by atoms with Gasteiger partial charge in [0.2, 0.25) is 0 Å². The largest absolute Gasteiger partial charge is 0.508 e. The topological polar surface area (TPSA) is 20.2 Å². The number of phenols is 1. The fourth-order valence-electron chi connectivity index (χ4n) is 2.96. The number of hydrogen-bond donors (Lipinski definition) is 1. The van der Waals surface area contributed by atoms with Crippen LogP contribution in [0.25, 0.3) is 11.1 Å². The molecule has 0 unspecified atom stereocenters. The monoisotopic (exact) mass is 355 g/mol. The van der Waals surface area contributed by atoms with Gasteiger partial charge in [0, 0.05) is 0 Å². The Bertz CT molecular complexity index is 923. The zero-order chi connectivity index (χ0) is 17.8. The van der Waals surface area contributed by atoms with Gasteiger partial charge in [-0.15, -0.1) is 0 Å². The Morgan fingerprint density at radius 2 is 0.808 bits per heavy atom. The van der Waals surface area contributed by atoms with Gasteiger partial charge in [-0.1, -0.05) is 48.5 Å². The van der Waals surface area contributed by atoms with E-state index in [1.54, 1.807) is 12.1 Å². The quantitative estimate of drug-likeness (QED) is 0.435. The standard InChI is InChI=1S/C24H18OS/c25-21-15-11-19(12-16-21)20-13-17-24(18-14-20)26(22-7-3-1-4-8-22)23-9-5-2-6-10-23/h1-18H/p+1. The highest BCUT2D eigenvalue weighted by Crippen LogP contribution is 2.32. The number of rotatable bonds is 4. The first kappa shape index (κ1) is 16.5. The number of hydrogen-bond acceptors (Lipinski definition) is 1. The summed E-state index contributed by atoms with van der Waals surface area (Å²) in [5.41, 5.74) is 2.26. The summed E-state index contributed by atoms with van der Waals surface area (Å²) in [4.78, 5) is 3.93. The van der Waals surface area contributed by atoms with Crippen molar-refractivity contribution in [1.82, 2.24) is 0 Å². The van der Waals surface area contributed by atoms with Gasteiger partial charge in [-0.25, -0.2) is 0 Å². The molecule has 0 saturated heterocycles. The van der Waals surface area contributed by atoms with Gasteiger partial charge >= 0.3 is 0 Å². The minimum Gasteiger partial charge on any atom is -0.508 e. The summed E-state index contributed by atoms with van der Waals surface area (Å²) < 4.78 is 0. The normalized spacial score (nSPS) is 10.8. The molecule has 0 spiro atoms. The van der Waals surface area contributed by atoms with Gasteiger partial charge in [-0.3, -0.25) is 0 Å². The van der Waals surface area contributed by atoms with Crippen molar-refractivity contribution in [3.8, 4) is 16.9 Å². The van der Waals surface area contributed by atoms with Crippen LogP contribution in [-0.2, 0) is 10.9 Å². The number of benzene rings is 4. The van der Waals surface area contributed by atoms with Crippen LogP contribution in [0.3, 0.4) is 0 Å². The van der Waals surface area contributed by atoms with E-state index in [4.69, 9.17) is 0 Å². The third-order valence-corrected chi connectivity index (χ3v) is 6.48. The van der Waals surface area contributed by atoms with Crippen LogP contribution < -0.4 is 0 Å². The van der Waals surface area contributed by atoms with E-state index in [1.165, 1.54) is 14.7 Å². The molecule has 0 aliphatic carbocycles. The van der Waals surface area contributed by atoms with E-state index >= 15 is 0 Å². The Hall–Kier alpha value is -2.97. The maximum absolute atomic E-state index is 9.47. The van der Waals surface area contributed by atoms with E-state index in [-0.39, 0.29) is 10.9 Å².